The zero-order chi connectivity index (χ0) is 18.8. The Kier molecular flexibility index (Phi) is 5.41. The maximum absolute atomic E-state index is 13.6. The van der Waals surface area contributed by atoms with E-state index in [0.29, 0.717) is 6.54 Å². The van der Waals surface area contributed by atoms with E-state index in [0.717, 1.165) is 29.6 Å². The fraction of sp³-hybridized carbons (Fsp3) is 0.273. The summed E-state index contributed by atoms with van der Waals surface area (Å²) in [6.45, 7) is 1.48. The van der Waals surface area contributed by atoms with Crippen LogP contribution in [-0.2, 0) is 18.4 Å². The lowest BCUT2D eigenvalue weighted by Crippen LogP contribution is -2.26. The Bertz CT molecular complexity index is 895. The van der Waals surface area contributed by atoms with Crippen molar-refractivity contribution >= 4 is 15.9 Å². The van der Waals surface area contributed by atoms with Crippen LogP contribution >= 0.6 is 15.9 Å². The summed E-state index contributed by atoms with van der Waals surface area (Å²) in [5.41, 5.74) is 3.32. The van der Waals surface area contributed by atoms with Gasteiger partial charge in [-0.3, -0.25) is 4.90 Å². The highest BCUT2D eigenvalue weighted by Crippen LogP contribution is 2.46. The number of nitrogens with zero attached hydrogens (tertiary/aromatic N) is 1. The van der Waals surface area contributed by atoms with Crippen LogP contribution in [0.15, 0.2) is 65.3 Å². The first-order valence-corrected chi connectivity index (χ1v) is 10.1. The molecule has 2 atom stereocenters. The van der Waals surface area contributed by atoms with Crippen molar-refractivity contribution < 1.29 is 13.2 Å². The number of furan rings is 1. The number of alkyl halides is 1. The molecular weight excluding hydrogens is 412 g/mol. The third-order valence-electron chi connectivity index (χ3n) is 5.10. The molecule has 0 aliphatic heterocycles. The van der Waals surface area contributed by atoms with Gasteiger partial charge in [0.2, 0.25) is 0 Å². The van der Waals surface area contributed by atoms with Crippen LogP contribution in [0.2, 0.25) is 0 Å². The van der Waals surface area contributed by atoms with Gasteiger partial charge in [-0.25, -0.2) is 8.78 Å². The third-order valence-corrected chi connectivity index (χ3v) is 5.75. The van der Waals surface area contributed by atoms with Gasteiger partial charge in [-0.05, 0) is 47.4 Å². The Hall–Kier alpha value is -1.98. The van der Waals surface area contributed by atoms with E-state index in [1.54, 1.807) is 12.3 Å². The summed E-state index contributed by atoms with van der Waals surface area (Å²) in [6.07, 6.45) is 2.61. The van der Waals surface area contributed by atoms with Crippen LogP contribution in [0.3, 0.4) is 0 Å². The molecule has 1 unspecified atom stereocenters. The number of hydrogen-bond donors (Lipinski definition) is 0. The molecule has 0 spiro atoms. The molecule has 5 heteroatoms. The lowest BCUT2D eigenvalue weighted by molar-refractivity contribution is 0.221. The summed E-state index contributed by atoms with van der Waals surface area (Å²) < 4.78 is 32.4. The van der Waals surface area contributed by atoms with Crippen molar-refractivity contribution in [1.29, 1.82) is 0 Å². The summed E-state index contributed by atoms with van der Waals surface area (Å²) in [4.78, 5) is 2.36. The monoisotopic (exact) mass is 431 g/mol. The van der Waals surface area contributed by atoms with Crippen LogP contribution in [0, 0.1) is 11.6 Å². The SMILES string of the molecule is Fc1ccc(C2C[C@@H]2N(Cc2ccc(CBr)cc2)Cc2ccco2)cc1F. The topological polar surface area (TPSA) is 16.4 Å². The molecular formula is C22H20BrF2NO. The minimum atomic E-state index is -0.796. The molecule has 2 aromatic carbocycles. The largest absolute Gasteiger partial charge is 0.468 e. The highest BCUT2D eigenvalue weighted by atomic mass is 79.9. The summed E-state index contributed by atoms with van der Waals surface area (Å²) in [5.74, 6) is -0.448. The second kappa shape index (κ2) is 7.95. The first kappa shape index (κ1) is 18.4. The Labute approximate surface area is 165 Å². The normalized spacial score (nSPS) is 18.8. The van der Waals surface area contributed by atoms with E-state index >= 15 is 0 Å². The fourth-order valence-electron chi connectivity index (χ4n) is 3.55. The second-order valence-electron chi connectivity index (χ2n) is 7.02. The third kappa shape index (κ3) is 4.30. The van der Waals surface area contributed by atoms with Crippen LogP contribution in [0.4, 0.5) is 8.78 Å². The first-order chi connectivity index (χ1) is 13.1. The Morgan fingerprint density at radius 3 is 2.41 bits per heavy atom. The highest BCUT2D eigenvalue weighted by molar-refractivity contribution is 9.08. The van der Waals surface area contributed by atoms with Crippen LogP contribution in [-0.4, -0.2) is 10.9 Å². The van der Waals surface area contributed by atoms with Crippen molar-refractivity contribution in [2.75, 3.05) is 0 Å². The summed E-state index contributed by atoms with van der Waals surface area (Å²) in [5, 5.41) is 0.838. The van der Waals surface area contributed by atoms with E-state index in [2.05, 4.69) is 45.1 Å². The zero-order valence-electron chi connectivity index (χ0n) is 14.7. The number of rotatable bonds is 7. The predicted octanol–water partition coefficient (Wildman–Crippen LogP) is 6.01. The number of benzene rings is 2. The molecule has 0 amide bonds. The van der Waals surface area contributed by atoms with Gasteiger partial charge in [-0.2, -0.15) is 0 Å². The van der Waals surface area contributed by atoms with Gasteiger partial charge in [0, 0.05) is 23.8 Å². The second-order valence-corrected chi connectivity index (χ2v) is 7.58. The van der Waals surface area contributed by atoms with Crippen LogP contribution < -0.4 is 0 Å². The Balaban J connectivity index is 1.52. The van der Waals surface area contributed by atoms with Gasteiger partial charge in [-0.15, -0.1) is 0 Å². The maximum Gasteiger partial charge on any atom is 0.159 e. The van der Waals surface area contributed by atoms with E-state index in [1.165, 1.54) is 23.3 Å². The predicted molar refractivity (Wildman–Crippen MR) is 105 cm³/mol. The van der Waals surface area contributed by atoms with Gasteiger partial charge in [0.1, 0.15) is 5.76 Å². The molecule has 0 N–H and O–H groups in total. The molecule has 27 heavy (non-hydrogen) atoms. The molecule has 0 saturated heterocycles. The van der Waals surface area contributed by atoms with Gasteiger partial charge in [-0.1, -0.05) is 46.3 Å². The lowest BCUT2D eigenvalue weighted by atomic mass is 10.1. The smallest absolute Gasteiger partial charge is 0.159 e. The molecule has 0 radical (unpaired) electrons. The molecule has 1 saturated carbocycles. The van der Waals surface area contributed by atoms with E-state index < -0.39 is 11.6 Å². The average molecular weight is 432 g/mol. The fourth-order valence-corrected chi connectivity index (χ4v) is 3.92. The molecule has 1 aromatic heterocycles. The van der Waals surface area contributed by atoms with Crippen molar-refractivity contribution in [2.24, 2.45) is 0 Å². The lowest BCUT2D eigenvalue weighted by Gasteiger charge is -2.22. The van der Waals surface area contributed by atoms with Gasteiger partial charge in [0.25, 0.3) is 0 Å². The molecule has 3 aromatic rings. The molecule has 1 heterocycles. The van der Waals surface area contributed by atoms with Crippen molar-refractivity contribution in [3.05, 3.63) is 94.9 Å². The zero-order valence-corrected chi connectivity index (χ0v) is 16.3. The summed E-state index contributed by atoms with van der Waals surface area (Å²) in [6, 6.07) is 16.9. The Morgan fingerprint density at radius 2 is 1.74 bits per heavy atom. The summed E-state index contributed by atoms with van der Waals surface area (Å²) >= 11 is 3.47. The van der Waals surface area contributed by atoms with Crippen molar-refractivity contribution in [3.63, 3.8) is 0 Å². The van der Waals surface area contributed by atoms with Gasteiger partial charge in [0.05, 0.1) is 12.8 Å². The standard InChI is InChI=1S/C22H20BrF2NO/c23-12-15-3-5-16(6-4-15)13-26(14-18-2-1-9-27-18)22-11-19(22)17-7-8-20(24)21(25)10-17/h1-10,19,22H,11-14H2/t19?,22-/m0/s1. The van der Waals surface area contributed by atoms with Crippen molar-refractivity contribution in [1.82, 2.24) is 4.90 Å². The van der Waals surface area contributed by atoms with Crippen LogP contribution in [0.1, 0.15) is 34.8 Å². The van der Waals surface area contributed by atoms with Crippen molar-refractivity contribution in [2.45, 2.75) is 36.8 Å². The summed E-state index contributed by atoms with van der Waals surface area (Å²) in [7, 11) is 0. The molecule has 0 bridgehead atoms. The highest BCUT2D eigenvalue weighted by Gasteiger charge is 2.43. The van der Waals surface area contributed by atoms with Gasteiger partial charge < -0.3 is 4.42 Å². The molecule has 1 aliphatic carbocycles. The van der Waals surface area contributed by atoms with Gasteiger partial charge in [0.15, 0.2) is 11.6 Å². The number of halogens is 3. The van der Waals surface area contributed by atoms with E-state index in [1.807, 2.05) is 12.1 Å². The quantitative estimate of drug-likeness (QED) is 0.425. The van der Waals surface area contributed by atoms with Crippen LogP contribution in [0.5, 0.6) is 0 Å². The van der Waals surface area contributed by atoms with E-state index in [4.69, 9.17) is 4.42 Å². The van der Waals surface area contributed by atoms with E-state index in [9.17, 15) is 8.78 Å². The minimum Gasteiger partial charge on any atom is -0.468 e. The minimum absolute atomic E-state index is 0.219. The Morgan fingerprint density at radius 1 is 0.963 bits per heavy atom. The number of hydrogen-bond acceptors (Lipinski definition) is 2. The van der Waals surface area contributed by atoms with Crippen LogP contribution in [0.25, 0.3) is 0 Å². The van der Waals surface area contributed by atoms with Gasteiger partial charge >= 0.3 is 0 Å². The molecule has 1 aliphatic rings. The van der Waals surface area contributed by atoms with E-state index in [-0.39, 0.29) is 12.0 Å². The molecule has 1 fully saturated rings. The maximum atomic E-state index is 13.6. The molecule has 4 rings (SSSR count). The average Bonchev–Trinajstić information content (AvgIpc) is 3.32. The van der Waals surface area contributed by atoms with Crippen molar-refractivity contribution in [3.8, 4) is 0 Å². The molecule has 2 nitrogen and oxygen atoms in total. The molecule has 140 valence electrons. The first-order valence-electron chi connectivity index (χ1n) is 8.99.